The third-order valence-corrected chi connectivity index (χ3v) is 3.08. The molecule has 2 aromatic rings. The lowest BCUT2D eigenvalue weighted by molar-refractivity contribution is 0.285. The summed E-state index contributed by atoms with van der Waals surface area (Å²) in [5.74, 6) is 0.0740. The molecule has 0 aliphatic rings. The Balaban J connectivity index is 2.07. The van der Waals surface area contributed by atoms with Gasteiger partial charge in [0.2, 0.25) is 0 Å². The first-order valence-corrected chi connectivity index (χ1v) is 7.09. The normalized spacial score (nSPS) is 10.6. The molecular weight excluding hydrogens is 269 g/mol. The van der Waals surface area contributed by atoms with Crippen molar-refractivity contribution in [3.63, 3.8) is 0 Å². The van der Waals surface area contributed by atoms with Gasteiger partial charge in [0, 0.05) is 12.1 Å². The number of para-hydroxylation sites is 1. The van der Waals surface area contributed by atoms with Gasteiger partial charge in [-0.3, -0.25) is 0 Å². The molecular formula is C17H20FNO2. The van der Waals surface area contributed by atoms with E-state index in [1.165, 1.54) is 6.07 Å². The fourth-order valence-electron chi connectivity index (χ4n) is 2.06. The van der Waals surface area contributed by atoms with E-state index in [1.54, 1.807) is 24.3 Å². The van der Waals surface area contributed by atoms with Crippen molar-refractivity contribution in [3.05, 3.63) is 59.4 Å². The molecule has 0 saturated carbocycles. The summed E-state index contributed by atoms with van der Waals surface area (Å²) < 4.78 is 19.6. The number of hydrogen-bond donors (Lipinski definition) is 2. The van der Waals surface area contributed by atoms with Gasteiger partial charge in [0.25, 0.3) is 0 Å². The smallest absolute Gasteiger partial charge is 0.165 e. The van der Waals surface area contributed by atoms with Crippen molar-refractivity contribution in [2.45, 2.75) is 26.5 Å². The van der Waals surface area contributed by atoms with Gasteiger partial charge in [-0.1, -0.05) is 31.2 Å². The van der Waals surface area contributed by atoms with E-state index in [0.717, 1.165) is 24.1 Å². The molecule has 0 heterocycles. The van der Waals surface area contributed by atoms with Crippen LogP contribution in [0.2, 0.25) is 0 Å². The summed E-state index contributed by atoms with van der Waals surface area (Å²) in [6.07, 6.45) is 1.02. The molecule has 0 saturated heterocycles. The number of nitrogens with one attached hydrogen (secondary N) is 1. The van der Waals surface area contributed by atoms with Gasteiger partial charge in [-0.25, -0.2) is 4.39 Å². The van der Waals surface area contributed by atoms with E-state index in [0.29, 0.717) is 6.54 Å². The second-order valence-electron chi connectivity index (χ2n) is 4.86. The first kappa shape index (κ1) is 15.3. The molecule has 0 atom stereocenters. The third kappa shape index (κ3) is 4.46. The van der Waals surface area contributed by atoms with E-state index < -0.39 is 0 Å². The molecule has 0 unspecified atom stereocenters. The van der Waals surface area contributed by atoms with Gasteiger partial charge < -0.3 is 15.2 Å². The molecule has 0 fully saturated rings. The van der Waals surface area contributed by atoms with E-state index in [4.69, 9.17) is 4.74 Å². The minimum Gasteiger partial charge on any atom is -0.508 e. The van der Waals surface area contributed by atoms with Crippen LogP contribution in [0.3, 0.4) is 0 Å². The average Bonchev–Trinajstić information content (AvgIpc) is 2.47. The Bertz CT molecular complexity index is 587. The predicted molar refractivity (Wildman–Crippen MR) is 80.8 cm³/mol. The molecule has 0 aromatic heterocycles. The van der Waals surface area contributed by atoms with Crippen LogP contribution in [-0.2, 0) is 13.2 Å². The third-order valence-electron chi connectivity index (χ3n) is 3.08. The van der Waals surface area contributed by atoms with Crippen LogP contribution in [0.15, 0.2) is 42.5 Å². The Morgan fingerprint density at radius 3 is 2.76 bits per heavy atom. The van der Waals surface area contributed by atoms with Gasteiger partial charge in [-0.2, -0.15) is 0 Å². The van der Waals surface area contributed by atoms with Gasteiger partial charge in [0.1, 0.15) is 12.4 Å². The first-order valence-electron chi connectivity index (χ1n) is 7.09. The molecule has 2 rings (SSSR count). The van der Waals surface area contributed by atoms with E-state index in [2.05, 4.69) is 12.2 Å². The molecule has 112 valence electrons. The fraction of sp³-hybridized carbons (Fsp3) is 0.294. The number of phenolic OH excluding ortho intramolecular Hbond substituents is 1. The highest BCUT2D eigenvalue weighted by Gasteiger charge is 2.10. The van der Waals surface area contributed by atoms with Crippen molar-refractivity contribution in [3.8, 4) is 11.5 Å². The minimum absolute atomic E-state index is 0.175. The first-order chi connectivity index (χ1) is 10.2. The largest absolute Gasteiger partial charge is 0.508 e. The van der Waals surface area contributed by atoms with Crippen LogP contribution in [-0.4, -0.2) is 11.7 Å². The van der Waals surface area contributed by atoms with Crippen LogP contribution in [0.4, 0.5) is 4.39 Å². The predicted octanol–water partition coefficient (Wildman–Crippen LogP) is 3.61. The highest BCUT2D eigenvalue weighted by atomic mass is 19.1. The molecule has 0 aliphatic carbocycles. The number of rotatable bonds is 7. The van der Waals surface area contributed by atoms with Gasteiger partial charge in [-0.15, -0.1) is 0 Å². The summed E-state index contributed by atoms with van der Waals surface area (Å²) in [5.41, 5.74) is 1.59. The topological polar surface area (TPSA) is 41.5 Å². The molecule has 0 radical (unpaired) electrons. The number of halogens is 1. The minimum atomic E-state index is -0.369. The SMILES string of the molecule is CCCNCc1cccc(F)c1OCc1cccc(O)c1. The summed E-state index contributed by atoms with van der Waals surface area (Å²) in [4.78, 5) is 0. The summed E-state index contributed by atoms with van der Waals surface area (Å²) in [6, 6.07) is 11.7. The van der Waals surface area contributed by atoms with Gasteiger partial charge >= 0.3 is 0 Å². The van der Waals surface area contributed by atoms with Crippen molar-refractivity contribution in [2.24, 2.45) is 0 Å². The van der Waals surface area contributed by atoms with Crippen LogP contribution in [0, 0.1) is 5.82 Å². The molecule has 21 heavy (non-hydrogen) atoms. The summed E-state index contributed by atoms with van der Waals surface area (Å²) in [5, 5.41) is 12.7. The maximum absolute atomic E-state index is 13.9. The molecule has 0 amide bonds. The quantitative estimate of drug-likeness (QED) is 0.765. The van der Waals surface area contributed by atoms with Crippen molar-refractivity contribution in [1.82, 2.24) is 5.32 Å². The Morgan fingerprint density at radius 2 is 2.00 bits per heavy atom. The van der Waals surface area contributed by atoms with Gasteiger partial charge in [0.05, 0.1) is 0 Å². The molecule has 0 aliphatic heterocycles. The Morgan fingerprint density at radius 1 is 1.19 bits per heavy atom. The molecule has 2 N–H and O–H groups in total. The zero-order valence-corrected chi connectivity index (χ0v) is 12.1. The van der Waals surface area contributed by atoms with E-state index in [1.807, 2.05) is 12.1 Å². The van der Waals surface area contributed by atoms with E-state index in [-0.39, 0.29) is 23.9 Å². The molecule has 2 aromatic carbocycles. The Labute approximate surface area is 124 Å². The highest BCUT2D eigenvalue weighted by Crippen LogP contribution is 2.24. The van der Waals surface area contributed by atoms with Crippen molar-refractivity contribution in [1.29, 1.82) is 0 Å². The van der Waals surface area contributed by atoms with Crippen molar-refractivity contribution >= 4 is 0 Å². The van der Waals surface area contributed by atoms with Crippen LogP contribution in [0.1, 0.15) is 24.5 Å². The second kappa shape index (κ2) is 7.64. The number of ether oxygens (including phenoxy) is 1. The maximum atomic E-state index is 13.9. The molecule has 0 bridgehead atoms. The van der Waals surface area contributed by atoms with Gasteiger partial charge in [0.15, 0.2) is 11.6 Å². The highest BCUT2D eigenvalue weighted by molar-refractivity contribution is 5.35. The van der Waals surface area contributed by atoms with E-state index >= 15 is 0 Å². The lowest BCUT2D eigenvalue weighted by Crippen LogP contribution is -2.15. The fourth-order valence-corrected chi connectivity index (χ4v) is 2.06. The van der Waals surface area contributed by atoms with Crippen LogP contribution >= 0.6 is 0 Å². The maximum Gasteiger partial charge on any atom is 0.165 e. The molecule has 3 nitrogen and oxygen atoms in total. The summed E-state index contributed by atoms with van der Waals surface area (Å²) in [7, 11) is 0. The number of phenols is 1. The van der Waals surface area contributed by atoms with Crippen molar-refractivity contribution < 1.29 is 14.2 Å². The number of hydrogen-bond acceptors (Lipinski definition) is 3. The number of aromatic hydroxyl groups is 1. The monoisotopic (exact) mass is 289 g/mol. The Hall–Kier alpha value is -2.07. The average molecular weight is 289 g/mol. The second-order valence-corrected chi connectivity index (χ2v) is 4.86. The van der Waals surface area contributed by atoms with Crippen molar-refractivity contribution in [2.75, 3.05) is 6.54 Å². The lowest BCUT2D eigenvalue weighted by atomic mass is 10.2. The van der Waals surface area contributed by atoms with Crippen LogP contribution < -0.4 is 10.1 Å². The summed E-state index contributed by atoms with van der Waals surface area (Å²) >= 11 is 0. The van der Waals surface area contributed by atoms with Gasteiger partial charge in [-0.05, 0) is 36.7 Å². The zero-order valence-electron chi connectivity index (χ0n) is 12.1. The van der Waals surface area contributed by atoms with E-state index in [9.17, 15) is 9.50 Å². The van der Waals surface area contributed by atoms with Crippen LogP contribution in [0.5, 0.6) is 11.5 Å². The number of benzene rings is 2. The Kier molecular flexibility index (Phi) is 5.58. The molecule has 4 heteroatoms. The standard InChI is InChI=1S/C17H20FNO2/c1-2-9-19-11-14-6-4-8-16(18)17(14)21-12-13-5-3-7-15(20)10-13/h3-8,10,19-20H,2,9,11-12H2,1H3. The lowest BCUT2D eigenvalue weighted by Gasteiger charge is -2.13. The zero-order chi connectivity index (χ0) is 15.1. The van der Waals surface area contributed by atoms with Crippen LogP contribution in [0.25, 0.3) is 0 Å². The summed E-state index contributed by atoms with van der Waals surface area (Å²) in [6.45, 7) is 3.75. The molecule has 0 spiro atoms.